The highest BCUT2D eigenvalue weighted by Crippen LogP contribution is 2.32. The van der Waals surface area contributed by atoms with Crippen molar-refractivity contribution < 1.29 is 23.7 Å². The highest BCUT2D eigenvalue weighted by molar-refractivity contribution is 6.31. The predicted octanol–water partition coefficient (Wildman–Crippen LogP) is 2.36. The first-order chi connectivity index (χ1) is 12.7. The number of hydrogen-bond acceptors (Lipinski definition) is 4. The van der Waals surface area contributed by atoms with Crippen molar-refractivity contribution in [2.24, 2.45) is 0 Å². The molecule has 2 aromatic rings. The fraction of sp³-hybridized carbons (Fsp3) is 0.278. The third kappa shape index (κ3) is 5.15. The van der Waals surface area contributed by atoms with Crippen LogP contribution in [-0.2, 0) is 11.3 Å². The first-order valence-electron chi connectivity index (χ1n) is 8.10. The van der Waals surface area contributed by atoms with Crippen molar-refractivity contribution in [3.63, 3.8) is 0 Å². The summed E-state index contributed by atoms with van der Waals surface area (Å²) in [6.45, 7) is 1.95. The van der Waals surface area contributed by atoms with E-state index in [1.807, 2.05) is 0 Å². The second-order valence-corrected chi connectivity index (χ2v) is 6.56. The highest BCUT2D eigenvalue weighted by Gasteiger charge is 2.20. The van der Waals surface area contributed by atoms with E-state index in [1.54, 1.807) is 20.0 Å². The summed E-state index contributed by atoms with van der Waals surface area (Å²) in [5, 5.41) is 14.1. The molecule has 0 fully saturated rings. The number of hydrogen-bond donors (Lipinski definition) is 2. The molecule has 1 atom stereocenters. The molecule has 0 heterocycles. The molecule has 1 amide bonds. The number of aryl methyl sites for hydroxylation is 1. The number of nitro benzene ring substituents is 1. The van der Waals surface area contributed by atoms with Gasteiger partial charge < -0.3 is 15.0 Å². The Kier molecular flexibility index (Phi) is 6.70. The lowest BCUT2D eigenvalue weighted by Gasteiger charge is -2.16. The van der Waals surface area contributed by atoms with Gasteiger partial charge in [-0.1, -0.05) is 17.7 Å². The number of methoxy groups -OCH3 is 1. The number of likely N-dealkylation sites (N-methyl/N-ethyl adjacent to an activating group) is 1. The molecule has 2 rings (SSSR count). The Morgan fingerprint density at radius 3 is 2.70 bits per heavy atom. The molecule has 2 aromatic carbocycles. The van der Waals surface area contributed by atoms with Crippen LogP contribution in [0.1, 0.15) is 11.1 Å². The van der Waals surface area contributed by atoms with Gasteiger partial charge in [-0.25, -0.2) is 4.39 Å². The number of rotatable bonds is 7. The van der Waals surface area contributed by atoms with Crippen molar-refractivity contribution in [2.75, 3.05) is 26.0 Å². The minimum Gasteiger partial charge on any atom is -0.490 e. The van der Waals surface area contributed by atoms with Crippen LogP contribution in [0.25, 0.3) is 0 Å². The third-order valence-corrected chi connectivity index (χ3v) is 4.35. The smallest absolute Gasteiger partial charge is 0.311 e. The van der Waals surface area contributed by atoms with E-state index in [0.29, 0.717) is 21.8 Å². The summed E-state index contributed by atoms with van der Waals surface area (Å²) in [5.74, 6) is -0.683. The van der Waals surface area contributed by atoms with Crippen molar-refractivity contribution in [2.45, 2.75) is 13.5 Å². The third-order valence-electron chi connectivity index (χ3n) is 4.00. The van der Waals surface area contributed by atoms with Crippen LogP contribution in [0.4, 0.5) is 15.8 Å². The summed E-state index contributed by atoms with van der Waals surface area (Å²) in [6.07, 6.45) is 0. The molecule has 1 unspecified atom stereocenters. The Balaban J connectivity index is 2.08. The first kappa shape index (κ1) is 20.6. The molecule has 0 aliphatic carbocycles. The molecule has 0 radical (unpaired) electrons. The Labute approximate surface area is 160 Å². The molecule has 7 nitrogen and oxygen atoms in total. The molecule has 0 saturated carbocycles. The predicted molar refractivity (Wildman–Crippen MR) is 99.9 cm³/mol. The number of carbonyl (C=O) groups is 1. The first-order valence-corrected chi connectivity index (χ1v) is 8.47. The average molecular weight is 397 g/mol. The Hall–Kier alpha value is -2.71. The van der Waals surface area contributed by atoms with E-state index in [2.05, 4.69) is 5.32 Å². The van der Waals surface area contributed by atoms with Gasteiger partial charge in [0.05, 0.1) is 29.7 Å². The molecular formula is C18H20ClFN3O4+. The molecule has 27 heavy (non-hydrogen) atoms. The number of carbonyl (C=O) groups excluding carboxylic acids is 1. The second kappa shape index (κ2) is 8.79. The van der Waals surface area contributed by atoms with Gasteiger partial charge in [-0.05, 0) is 24.6 Å². The van der Waals surface area contributed by atoms with Gasteiger partial charge in [-0.3, -0.25) is 14.9 Å². The van der Waals surface area contributed by atoms with Crippen LogP contribution in [0.2, 0.25) is 5.02 Å². The molecule has 144 valence electrons. The summed E-state index contributed by atoms with van der Waals surface area (Å²) < 4.78 is 18.9. The van der Waals surface area contributed by atoms with Crippen molar-refractivity contribution in [1.29, 1.82) is 0 Å². The monoisotopic (exact) mass is 396 g/mol. The molecule has 0 aromatic heterocycles. The zero-order chi connectivity index (χ0) is 20.1. The average Bonchev–Trinajstić information content (AvgIpc) is 2.59. The van der Waals surface area contributed by atoms with Crippen LogP contribution in [0.15, 0.2) is 30.3 Å². The van der Waals surface area contributed by atoms with Crippen LogP contribution in [-0.4, -0.2) is 31.5 Å². The van der Waals surface area contributed by atoms with Gasteiger partial charge in [0.2, 0.25) is 0 Å². The Morgan fingerprint density at radius 2 is 2.11 bits per heavy atom. The fourth-order valence-electron chi connectivity index (χ4n) is 2.65. The lowest BCUT2D eigenvalue weighted by molar-refractivity contribution is -0.885. The molecule has 0 spiro atoms. The number of quaternary nitrogens is 1. The minimum absolute atomic E-state index is 0.0553. The van der Waals surface area contributed by atoms with Crippen molar-refractivity contribution in [1.82, 2.24) is 0 Å². The van der Waals surface area contributed by atoms with E-state index in [0.717, 1.165) is 4.90 Å². The molecule has 9 heteroatoms. The SMILES string of the molecule is COc1cc(NC(=O)C[NH+](C)Cc2c(F)cccc2Cl)c(C)cc1[N+](=O)[O-]. The number of benzene rings is 2. The van der Waals surface area contributed by atoms with Gasteiger partial charge in [0.15, 0.2) is 12.3 Å². The van der Waals surface area contributed by atoms with Crippen molar-refractivity contribution in [3.8, 4) is 5.75 Å². The molecule has 0 bridgehead atoms. The lowest BCUT2D eigenvalue weighted by Crippen LogP contribution is -3.08. The topological polar surface area (TPSA) is 85.9 Å². The summed E-state index contributed by atoms with van der Waals surface area (Å²) in [6, 6.07) is 7.19. The molecular weight excluding hydrogens is 377 g/mol. The Morgan fingerprint density at radius 1 is 1.41 bits per heavy atom. The number of ether oxygens (including phenoxy) is 1. The maximum Gasteiger partial charge on any atom is 0.311 e. The molecule has 0 aliphatic heterocycles. The summed E-state index contributed by atoms with van der Waals surface area (Å²) in [4.78, 5) is 23.5. The van der Waals surface area contributed by atoms with Gasteiger partial charge in [0, 0.05) is 17.8 Å². The van der Waals surface area contributed by atoms with E-state index in [-0.39, 0.29) is 30.4 Å². The minimum atomic E-state index is -0.548. The van der Waals surface area contributed by atoms with E-state index in [9.17, 15) is 19.3 Å². The van der Waals surface area contributed by atoms with E-state index < -0.39 is 10.7 Å². The number of amides is 1. The largest absolute Gasteiger partial charge is 0.490 e. The van der Waals surface area contributed by atoms with Crippen molar-refractivity contribution >= 4 is 28.9 Å². The van der Waals surface area contributed by atoms with Crippen LogP contribution in [0.3, 0.4) is 0 Å². The fourth-order valence-corrected chi connectivity index (χ4v) is 2.88. The van der Waals surface area contributed by atoms with E-state index >= 15 is 0 Å². The van der Waals surface area contributed by atoms with Crippen LogP contribution in [0, 0.1) is 22.9 Å². The molecule has 0 aliphatic rings. The molecule has 0 saturated heterocycles. The number of anilines is 1. The maximum atomic E-state index is 13.9. The number of nitro groups is 1. The van der Waals surface area contributed by atoms with Gasteiger partial charge >= 0.3 is 5.69 Å². The lowest BCUT2D eigenvalue weighted by atomic mass is 10.1. The second-order valence-electron chi connectivity index (χ2n) is 6.16. The van der Waals surface area contributed by atoms with Crippen LogP contribution < -0.4 is 15.0 Å². The van der Waals surface area contributed by atoms with E-state index in [1.165, 1.54) is 31.4 Å². The highest BCUT2D eigenvalue weighted by atomic mass is 35.5. The Bertz CT molecular complexity index is 856. The van der Waals surface area contributed by atoms with Gasteiger partial charge in [-0.2, -0.15) is 0 Å². The maximum absolute atomic E-state index is 13.9. The quantitative estimate of drug-likeness (QED) is 0.555. The van der Waals surface area contributed by atoms with Crippen LogP contribution >= 0.6 is 11.6 Å². The summed E-state index contributed by atoms with van der Waals surface area (Å²) >= 11 is 6.01. The van der Waals surface area contributed by atoms with E-state index in [4.69, 9.17) is 16.3 Å². The summed E-state index contributed by atoms with van der Waals surface area (Å²) in [7, 11) is 3.06. The standard InChI is InChI=1S/C18H19ClFN3O4/c1-11-7-16(23(25)26)17(27-3)8-15(11)21-18(24)10-22(2)9-12-13(19)5-4-6-14(12)20/h4-8H,9-10H2,1-3H3,(H,21,24)/p+1. The normalized spacial score (nSPS) is 11.7. The van der Waals surface area contributed by atoms with Crippen LogP contribution in [0.5, 0.6) is 5.75 Å². The van der Waals surface area contributed by atoms with Gasteiger partial charge in [0.25, 0.3) is 5.91 Å². The zero-order valence-electron chi connectivity index (χ0n) is 15.1. The molecule has 2 N–H and O–H groups in total. The zero-order valence-corrected chi connectivity index (χ0v) is 15.9. The van der Waals surface area contributed by atoms with Crippen molar-refractivity contribution in [3.05, 3.63) is 62.4 Å². The van der Waals surface area contributed by atoms with Gasteiger partial charge in [-0.15, -0.1) is 0 Å². The number of nitrogens with one attached hydrogen (secondary N) is 2. The number of nitrogens with zero attached hydrogens (tertiary/aromatic N) is 1. The number of halogens is 2. The van der Waals surface area contributed by atoms with Gasteiger partial charge in [0.1, 0.15) is 12.4 Å². The summed E-state index contributed by atoms with van der Waals surface area (Å²) in [5.41, 5.74) is 1.12.